The van der Waals surface area contributed by atoms with Gasteiger partial charge < -0.3 is 5.32 Å². The second-order valence-corrected chi connectivity index (χ2v) is 7.63. The molecule has 1 aliphatic rings. The minimum absolute atomic E-state index is 0.00602. The largest absolute Gasteiger partial charge is 0.416 e. The summed E-state index contributed by atoms with van der Waals surface area (Å²) in [5, 5.41) is 2.81. The van der Waals surface area contributed by atoms with Gasteiger partial charge in [-0.25, -0.2) is 0 Å². The third-order valence-corrected chi connectivity index (χ3v) is 4.90. The van der Waals surface area contributed by atoms with E-state index in [9.17, 15) is 22.8 Å². The van der Waals surface area contributed by atoms with E-state index in [2.05, 4.69) is 5.32 Å². The number of benzene rings is 2. The van der Waals surface area contributed by atoms with Crippen molar-refractivity contribution in [1.82, 2.24) is 4.90 Å². The van der Waals surface area contributed by atoms with Crippen LogP contribution >= 0.6 is 0 Å². The second-order valence-electron chi connectivity index (χ2n) is 7.63. The molecule has 29 heavy (non-hydrogen) atoms. The fourth-order valence-corrected chi connectivity index (χ4v) is 3.37. The van der Waals surface area contributed by atoms with Crippen LogP contribution in [-0.4, -0.2) is 35.8 Å². The van der Waals surface area contributed by atoms with Gasteiger partial charge in [0, 0.05) is 6.54 Å². The van der Waals surface area contributed by atoms with Gasteiger partial charge in [0.15, 0.2) is 0 Å². The van der Waals surface area contributed by atoms with Gasteiger partial charge in [-0.2, -0.15) is 13.2 Å². The molecule has 0 fully saturated rings. The van der Waals surface area contributed by atoms with Crippen LogP contribution in [0.3, 0.4) is 0 Å². The molecule has 2 aromatic rings. The zero-order chi connectivity index (χ0) is 21.4. The molecule has 0 atom stereocenters. The van der Waals surface area contributed by atoms with Crippen LogP contribution in [0, 0.1) is 0 Å². The van der Waals surface area contributed by atoms with Crippen molar-refractivity contribution in [1.29, 1.82) is 0 Å². The number of hydrogen-bond donors (Lipinski definition) is 1. The Morgan fingerprint density at radius 2 is 1.72 bits per heavy atom. The molecule has 0 aromatic heterocycles. The predicted octanol–water partition coefficient (Wildman–Crippen LogP) is 3.90. The summed E-state index contributed by atoms with van der Waals surface area (Å²) in [5.74, 6) is -0.554. The standard InChI is InChI=1S/C21H22F3N3O2/c1-20(2)19(29)25-16-6-4-5-7-17(16)27(20)18(28)13-26(3)12-14-8-10-15(11-9-14)21(22,23)24/h4-11H,12-13H2,1-3H3,(H,25,29). The number of amides is 2. The van der Waals surface area contributed by atoms with Gasteiger partial charge in [-0.15, -0.1) is 0 Å². The zero-order valence-corrected chi connectivity index (χ0v) is 16.4. The van der Waals surface area contributed by atoms with Crippen LogP contribution < -0.4 is 10.2 Å². The zero-order valence-electron chi connectivity index (χ0n) is 16.4. The number of likely N-dealkylation sites (N-methyl/N-ethyl adjacent to an activating group) is 1. The molecule has 0 spiro atoms. The van der Waals surface area contributed by atoms with E-state index in [4.69, 9.17) is 0 Å². The summed E-state index contributed by atoms with van der Waals surface area (Å²) in [6, 6.07) is 11.9. The first kappa shape index (κ1) is 20.9. The normalized spacial score (nSPS) is 15.8. The van der Waals surface area contributed by atoms with Gasteiger partial charge in [0.25, 0.3) is 0 Å². The number of rotatable bonds is 4. The Labute approximate surface area is 167 Å². The quantitative estimate of drug-likeness (QED) is 0.840. The summed E-state index contributed by atoms with van der Waals surface area (Å²) in [6.07, 6.45) is -4.38. The number of nitrogens with one attached hydrogen (secondary N) is 1. The second kappa shape index (κ2) is 7.51. The first-order valence-corrected chi connectivity index (χ1v) is 9.08. The van der Waals surface area contributed by atoms with Crippen LogP contribution in [0.1, 0.15) is 25.0 Å². The molecule has 2 aromatic carbocycles. The maximum absolute atomic E-state index is 13.1. The first-order valence-electron chi connectivity index (χ1n) is 9.08. The molecule has 3 rings (SSSR count). The van der Waals surface area contributed by atoms with Crippen molar-refractivity contribution in [2.24, 2.45) is 0 Å². The van der Waals surface area contributed by atoms with Crippen LogP contribution in [0.4, 0.5) is 24.5 Å². The van der Waals surface area contributed by atoms with Gasteiger partial charge in [-0.3, -0.25) is 19.4 Å². The van der Waals surface area contributed by atoms with Gasteiger partial charge >= 0.3 is 6.18 Å². The lowest BCUT2D eigenvalue weighted by molar-refractivity contribution is -0.137. The highest BCUT2D eigenvalue weighted by Gasteiger charge is 2.43. The van der Waals surface area contributed by atoms with Crippen molar-refractivity contribution >= 4 is 23.2 Å². The average molecular weight is 405 g/mol. The van der Waals surface area contributed by atoms with E-state index in [0.29, 0.717) is 23.5 Å². The molecular formula is C21H22F3N3O2. The number of carbonyl (C=O) groups is 2. The molecule has 1 aliphatic heterocycles. The number of halogens is 3. The van der Waals surface area contributed by atoms with Crippen LogP contribution in [-0.2, 0) is 22.3 Å². The lowest BCUT2D eigenvalue weighted by Gasteiger charge is -2.42. The molecule has 0 saturated carbocycles. The monoisotopic (exact) mass is 405 g/mol. The predicted molar refractivity (Wildman–Crippen MR) is 104 cm³/mol. The van der Waals surface area contributed by atoms with Gasteiger partial charge in [-0.1, -0.05) is 24.3 Å². The van der Waals surface area contributed by atoms with Crippen molar-refractivity contribution in [3.8, 4) is 0 Å². The Bertz CT molecular complexity index is 924. The molecule has 5 nitrogen and oxygen atoms in total. The van der Waals surface area contributed by atoms with Crippen molar-refractivity contribution in [2.45, 2.75) is 32.1 Å². The fourth-order valence-electron chi connectivity index (χ4n) is 3.37. The Morgan fingerprint density at radius 3 is 2.34 bits per heavy atom. The Balaban J connectivity index is 1.74. The third-order valence-electron chi connectivity index (χ3n) is 4.90. The highest BCUT2D eigenvalue weighted by Crippen LogP contribution is 2.36. The number of para-hydroxylation sites is 2. The van der Waals surface area contributed by atoms with Gasteiger partial charge in [-0.05, 0) is 50.7 Å². The van der Waals surface area contributed by atoms with Gasteiger partial charge in [0.2, 0.25) is 11.8 Å². The first-order chi connectivity index (χ1) is 13.5. The minimum atomic E-state index is -4.38. The molecule has 0 aliphatic carbocycles. The summed E-state index contributed by atoms with van der Waals surface area (Å²) in [4.78, 5) is 28.7. The number of anilines is 2. The Hall–Kier alpha value is -2.87. The Morgan fingerprint density at radius 1 is 1.10 bits per heavy atom. The summed E-state index contributed by atoms with van der Waals surface area (Å²) in [5.41, 5.74) is 0.0586. The van der Waals surface area contributed by atoms with Crippen molar-refractivity contribution < 1.29 is 22.8 Å². The number of alkyl halides is 3. The van der Waals surface area contributed by atoms with E-state index in [1.165, 1.54) is 17.0 Å². The number of carbonyl (C=O) groups excluding carboxylic acids is 2. The van der Waals surface area contributed by atoms with E-state index in [1.54, 1.807) is 50.1 Å². The highest BCUT2D eigenvalue weighted by atomic mass is 19.4. The molecule has 0 saturated heterocycles. The topological polar surface area (TPSA) is 52.7 Å². The summed E-state index contributed by atoms with van der Waals surface area (Å²) < 4.78 is 38.1. The lowest BCUT2D eigenvalue weighted by atomic mass is 9.96. The fraction of sp³-hybridized carbons (Fsp3) is 0.333. The molecular weight excluding hydrogens is 383 g/mol. The van der Waals surface area contributed by atoms with E-state index >= 15 is 0 Å². The number of fused-ring (bicyclic) bond motifs is 1. The molecule has 0 unspecified atom stereocenters. The van der Waals surface area contributed by atoms with Crippen LogP contribution in [0.15, 0.2) is 48.5 Å². The van der Waals surface area contributed by atoms with Crippen molar-refractivity contribution in [3.05, 3.63) is 59.7 Å². The Kier molecular flexibility index (Phi) is 5.40. The van der Waals surface area contributed by atoms with Crippen LogP contribution in [0.2, 0.25) is 0 Å². The smallest absolute Gasteiger partial charge is 0.322 e. The maximum atomic E-state index is 13.1. The van der Waals surface area contributed by atoms with Gasteiger partial charge in [0.05, 0.1) is 23.5 Å². The van der Waals surface area contributed by atoms with E-state index in [1.807, 2.05) is 0 Å². The van der Waals surface area contributed by atoms with Gasteiger partial charge in [0.1, 0.15) is 5.54 Å². The SMILES string of the molecule is CN(CC(=O)N1c2ccccc2NC(=O)C1(C)C)Cc1ccc(C(F)(F)F)cc1. The molecule has 1 N–H and O–H groups in total. The molecule has 8 heteroatoms. The number of nitrogens with zero attached hydrogens (tertiary/aromatic N) is 2. The summed E-state index contributed by atoms with van der Waals surface area (Å²) in [6.45, 7) is 3.65. The molecule has 0 bridgehead atoms. The lowest BCUT2D eigenvalue weighted by Crippen LogP contribution is -2.60. The molecule has 2 amide bonds. The molecule has 1 heterocycles. The van der Waals surface area contributed by atoms with Crippen LogP contribution in [0.25, 0.3) is 0 Å². The van der Waals surface area contributed by atoms with Crippen molar-refractivity contribution in [3.63, 3.8) is 0 Å². The van der Waals surface area contributed by atoms with Crippen LogP contribution in [0.5, 0.6) is 0 Å². The number of hydrogen-bond acceptors (Lipinski definition) is 3. The average Bonchev–Trinajstić information content (AvgIpc) is 2.62. The highest BCUT2D eigenvalue weighted by molar-refractivity contribution is 6.14. The van der Waals surface area contributed by atoms with E-state index < -0.39 is 17.3 Å². The minimum Gasteiger partial charge on any atom is -0.322 e. The van der Waals surface area contributed by atoms with Crippen molar-refractivity contribution in [2.75, 3.05) is 23.8 Å². The third kappa shape index (κ3) is 4.27. The maximum Gasteiger partial charge on any atom is 0.416 e. The summed E-state index contributed by atoms with van der Waals surface area (Å²) in [7, 11) is 1.71. The summed E-state index contributed by atoms with van der Waals surface area (Å²) >= 11 is 0. The molecule has 154 valence electrons. The van der Waals surface area contributed by atoms with E-state index in [0.717, 1.165) is 12.1 Å². The molecule has 0 radical (unpaired) electrons. The van der Waals surface area contributed by atoms with E-state index in [-0.39, 0.29) is 18.4 Å².